The van der Waals surface area contributed by atoms with E-state index in [-0.39, 0.29) is 18.9 Å². The molecule has 0 bridgehead atoms. The van der Waals surface area contributed by atoms with Crippen LogP contribution in [0.15, 0.2) is 16.7 Å². The molecule has 1 aromatic heterocycles. The number of carboxylic acid groups (broad SMARTS) is 1. The number of carboxylic acids is 1. The van der Waals surface area contributed by atoms with E-state index in [0.29, 0.717) is 12.2 Å². The highest BCUT2D eigenvalue weighted by molar-refractivity contribution is 9.10. The predicted molar refractivity (Wildman–Crippen MR) is 77.8 cm³/mol. The van der Waals surface area contributed by atoms with Crippen molar-refractivity contribution in [3.8, 4) is 0 Å². The van der Waals surface area contributed by atoms with Crippen molar-refractivity contribution in [2.75, 3.05) is 13.7 Å². The highest BCUT2D eigenvalue weighted by atomic mass is 79.9. The lowest BCUT2D eigenvalue weighted by Crippen LogP contribution is -2.51. The van der Waals surface area contributed by atoms with Crippen LogP contribution in [0.3, 0.4) is 0 Å². The number of nitrogens with one attached hydrogen (secondary N) is 1. The molecule has 112 valence electrons. The van der Waals surface area contributed by atoms with Crippen LogP contribution in [-0.2, 0) is 16.1 Å². The Hall–Kier alpha value is -1.34. The van der Waals surface area contributed by atoms with Gasteiger partial charge in [-0.05, 0) is 35.8 Å². The van der Waals surface area contributed by atoms with Gasteiger partial charge in [-0.3, -0.25) is 9.59 Å². The van der Waals surface area contributed by atoms with E-state index < -0.39 is 11.5 Å². The molecular formula is C13H19BrN2O4. The second kappa shape index (κ2) is 6.90. The van der Waals surface area contributed by atoms with Crippen LogP contribution in [0.25, 0.3) is 0 Å². The second-order valence-corrected chi connectivity index (χ2v) is 5.76. The third-order valence-corrected chi connectivity index (χ3v) is 3.29. The van der Waals surface area contributed by atoms with Crippen molar-refractivity contribution in [1.29, 1.82) is 0 Å². The van der Waals surface area contributed by atoms with Crippen LogP contribution in [0.2, 0.25) is 0 Å². The van der Waals surface area contributed by atoms with E-state index >= 15 is 0 Å². The van der Waals surface area contributed by atoms with E-state index in [2.05, 4.69) is 21.2 Å². The van der Waals surface area contributed by atoms with Gasteiger partial charge >= 0.3 is 5.97 Å². The number of nitrogens with zero attached hydrogens (tertiary/aromatic N) is 1. The van der Waals surface area contributed by atoms with Crippen molar-refractivity contribution in [2.45, 2.75) is 32.4 Å². The molecule has 0 spiro atoms. The van der Waals surface area contributed by atoms with Crippen molar-refractivity contribution in [3.63, 3.8) is 0 Å². The number of aliphatic carboxylic acids is 1. The van der Waals surface area contributed by atoms with Gasteiger partial charge in [0.05, 0.1) is 18.6 Å². The normalized spacial score (nSPS) is 13.8. The molecule has 1 unspecified atom stereocenters. The molecule has 20 heavy (non-hydrogen) atoms. The third-order valence-electron chi connectivity index (χ3n) is 2.86. The van der Waals surface area contributed by atoms with Crippen molar-refractivity contribution >= 4 is 27.8 Å². The van der Waals surface area contributed by atoms with Crippen molar-refractivity contribution < 1.29 is 19.4 Å². The Bertz CT molecular complexity index is 501. The molecule has 0 saturated carbocycles. The molecule has 0 saturated heterocycles. The van der Waals surface area contributed by atoms with Crippen LogP contribution in [0.4, 0.5) is 0 Å². The Kier molecular flexibility index (Phi) is 5.76. The first-order valence-corrected chi connectivity index (χ1v) is 6.99. The summed E-state index contributed by atoms with van der Waals surface area (Å²) in [5, 5.41) is 11.7. The van der Waals surface area contributed by atoms with Crippen LogP contribution in [0.1, 0.15) is 30.8 Å². The number of ether oxygens (including phenoxy) is 1. The van der Waals surface area contributed by atoms with Gasteiger partial charge in [-0.15, -0.1) is 0 Å². The first kappa shape index (κ1) is 16.7. The second-order valence-electron chi connectivity index (χ2n) is 4.85. The van der Waals surface area contributed by atoms with Gasteiger partial charge in [0.2, 0.25) is 0 Å². The SMILES string of the molecule is CCn1cc(Br)cc1C(=O)NC(C)(COC)CC(=O)O. The predicted octanol–water partition coefficient (Wildman–Crippen LogP) is 1.88. The summed E-state index contributed by atoms with van der Waals surface area (Å²) in [6.07, 6.45) is 1.60. The number of carbonyl (C=O) groups is 2. The summed E-state index contributed by atoms with van der Waals surface area (Å²) < 4.78 is 7.60. The summed E-state index contributed by atoms with van der Waals surface area (Å²) in [7, 11) is 1.47. The maximum atomic E-state index is 12.3. The first-order valence-electron chi connectivity index (χ1n) is 6.20. The number of amides is 1. The average molecular weight is 347 g/mol. The molecule has 0 fully saturated rings. The van der Waals surface area contributed by atoms with E-state index in [1.54, 1.807) is 23.8 Å². The van der Waals surface area contributed by atoms with E-state index in [1.165, 1.54) is 7.11 Å². The number of methoxy groups -OCH3 is 1. The quantitative estimate of drug-likeness (QED) is 0.789. The van der Waals surface area contributed by atoms with Crippen molar-refractivity contribution in [1.82, 2.24) is 9.88 Å². The fraction of sp³-hybridized carbons (Fsp3) is 0.538. The van der Waals surface area contributed by atoms with E-state index in [9.17, 15) is 9.59 Å². The molecule has 0 aromatic carbocycles. The number of halogens is 1. The molecule has 2 N–H and O–H groups in total. The van der Waals surface area contributed by atoms with Gasteiger partial charge in [0, 0.05) is 24.3 Å². The maximum Gasteiger partial charge on any atom is 0.305 e. The summed E-state index contributed by atoms with van der Waals surface area (Å²) in [5.41, 5.74) is -0.473. The Morgan fingerprint density at radius 1 is 1.55 bits per heavy atom. The number of hydrogen-bond acceptors (Lipinski definition) is 3. The number of hydrogen-bond donors (Lipinski definition) is 2. The van der Waals surface area contributed by atoms with Crippen LogP contribution in [0, 0.1) is 0 Å². The van der Waals surface area contributed by atoms with Crippen LogP contribution in [0.5, 0.6) is 0 Å². The summed E-state index contributed by atoms with van der Waals surface area (Å²) in [5.74, 6) is -1.31. The minimum atomic E-state index is -0.989. The number of aryl methyl sites for hydroxylation is 1. The molecule has 0 aliphatic rings. The minimum Gasteiger partial charge on any atom is -0.481 e. The highest BCUT2D eigenvalue weighted by Crippen LogP contribution is 2.17. The summed E-state index contributed by atoms with van der Waals surface area (Å²) in [6, 6.07) is 1.70. The fourth-order valence-electron chi connectivity index (χ4n) is 2.05. The molecule has 1 amide bonds. The van der Waals surface area contributed by atoms with Gasteiger partial charge in [0.15, 0.2) is 0 Å². The Morgan fingerprint density at radius 2 is 2.20 bits per heavy atom. The van der Waals surface area contributed by atoms with Gasteiger partial charge in [-0.1, -0.05) is 0 Å². The van der Waals surface area contributed by atoms with E-state index in [1.807, 2.05) is 6.92 Å². The van der Waals surface area contributed by atoms with E-state index in [4.69, 9.17) is 9.84 Å². The first-order chi connectivity index (χ1) is 9.31. The van der Waals surface area contributed by atoms with Crippen LogP contribution >= 0.6 is 15.9 Å². The lowest BCUT2D eigenvalue weighted by molar-refractivity contribution is -0.139. The molecule has 7 heteroatoms. The zero-order chi connectivity index (χ0) is 15.3. The van der Waals surface area contributed by atoms with Crippen molar-refractivity contribution in [2.24, 2.45) is 0 Å². The largest absolute Gasteiger partial charge is 0.481 e. The third kappa shape index (κ3) is 4.35. The maximum absolute atomic E-state index is 12.3. The Balaban J connectivity index is 2.92. The Labute approximate surface area is 126 Å². The minimum absolute atomic E-state index is 0.124. The summed E-state index contributed by atoms with van der Waals surface area (Å²) >= 11 is 3.32. The molecule has 6 nitrogen and oxygen atoms in total. The van der Waals surface area contributed by atoms with Gasteiger partial charge in [0.25, 0.3) is 5.91 Å². The monoisotopic (exact) mass is 346 g/mol. The highest BCUT2D eigenvalue weighted by Gasteiger charge is 2.30. The standard InChI is InChI=1S/C13H19BrN2O4/c1-4-16-7-9(14)5-10(16)12(19)15-13(2,8-20-3)6-11(17)18/h5,7H,4,6,8H2,1-3H3,(H,15,19)(H,17,18). The van der Waals surface area contributed by atoms with E-state index in [0.717, 1.165) is 4.47 Å². The molecule has 1 atom stereocenters. The topological polar surface area (TPSA) is 80.6 Å². The molecule has 0 aliphatic carbocycles. The number of carbonyl (C=O) groups excluding carboxylic acids is 1. The van der Waals surface area contributed by atoms with Gasteiger partial charge in [-0.2, -0.15) is 0 Å². The lowest BCUT2D eigenvalue weighted by atomic mass is 9.98. The average Bonchev–Trinajstić information content (AvgIpc) is 2.69. The number of aromatic nitrogens is 1. The zero-order valence-corrected chi connectivity index (χ0v) is 13.4. The number of rotatable bonds is 7. The van der Waals surface area contributed by atoms with Crippen LogP contribution in [-0.4, -0.2) is 40.8 Å². The summed E-state index contributed by atoms with van der Waals surface area (Å²) in [4.78, 5) is 23.2. The smallest absolute Gasteiger partial charge is 0.305 e. The molecule has 0 radical (unpaired) electrons. The molecule has 1 heterocycles. The molecule has 0 aliphatic heterocycles. The van der Waals surface area contributed by atoms with Crippen molar-refractivity contribution in [3.05, 3.63) is 22.4 Å². The van der Waals surface area contributed by atoms with Gasteiger partial charge in [-0.25, -0.2) is 0 Å². The fourth-order valence-corrected chi connectivity index (χ4v) is 2.51. The van der Waals surface area contributed by atoms with Gasteiger partial charge in [0.1, 0.15) is 5.69 Å². The zero-order valence-electron chi connectivity index (χ0n) is 11.8. The van der Waals surface area contributed by atoms with Gasteiger partial charge < -0.3 is 19.7 Å². The van der Waals surface area contributed by atoms with Crippen LogP contribution < -0.4 is 5.32 Å². The molecular weight excluding hydrogens is 328 g/mol. The molecule has 1 rings (SSSR count). The summed E-state index contributed by atoms with van der Waals surface area (Å²) in [6.45, 7) is 4.35. The molecule has 1 aromatic rings. The Morgan fingerprint density at radius 3 is 2.70 bits per heavy atom. The lowest BCUT2D eigenvalue weighted by Gasteiger charge is -2.28.